The summed E-state index contributed by atoms with van der Waals surface area (Å²) in [5, 5.41) is 11.0. The highest BCUT2D eigenvalue weighted by atomic mass is 32.1. The standard InChI is InChI=1S/C26H20N8OS/c1-13(2)5-21(35)34-16-6-14(8-27-10-16)15-7-17-24(32-33-25(17)29-9-15)26-30-19-12-28-11-18(23(19)31-26)20-3-4-22(34)36-20/h3-4,6-13H,5H2,1-2H3,(H,30,31)(H,29,32,33). The summed E-state index contributed by atoms with van der Waals surface area (Å²) in [7, 11) is 0. The molecule has 0 aliphatic rings. The van der Waals surface area contributed by atoms with Gasteiger partial charge >= 0.3 is 0 Å². The van der Waals surface area contributed by atoms with E-state index < -0.39 is 0 Å². The number of carbonyl (C=O) groups excluding carboxylic acids is 1. The van der Waals surface area contributed by atoms with Gasteiger partial charge in [-0.25, -0.2) is 9.97 Å². The van der Waals surface area contributed by atoms with Crippen LogP contribution in [0, 0.1) is 5.92 Å². The van der Waals surface area contributed by atoms with Gasteiger partial charge in [-0.3, -0.25) is 24.4 Å². The summed E-state index contributed by atoms with van der Waals surface area (Å²) in [6.45, 7) is 4.09. The molecule has 0 aliphatic carbocycles. The van der Waals surface area contributed by atoms with E-state index in [9.17, 15) is 4.79 Å². The second-order valence-electron chi connectivity index (χ2n) is 9.26. The molecule has 0 aromatic carbocycles. The van der Waals surface area contributed by atoms with Gasteiger partial charge in [0.1, 0.15) is 15.9 Å². The fraction of sp³-hybridized carbons (Fsp3) is 0.154. The summed E-state index contributed by atoms with van der Waals surface area (Å²) in [6, 6.07) is 8.00. The third-order valence-electron chi connectivity index (χ3n) is 6.26. The highest BCUT2D eigenvalue weighted by Gasteiger charge is 2.14. The van der Waals surface area contributed by atoms with Crippen LogP contribution in [-0.4, -0.2) is 45.6 Å². The van der Waals surface area contributed by atoms with Gasteiger partial charge in [0.05, 0.1) is 28.8 Å². The van der Waals surface area contributed by atoms with Crippen molar-refractivity contribution in [3.05, 3.63) is 55.2 Å². The Balaban J connectivity index is 1.73. The van der Waals surface area contributed by atoms with Crippen LogP contribution in [0.5, 0.6) is 0 Å². The fourth-order valence-electron chi connectivity index (χ4n) is 4.60. The van der Waals surface area contributed by atoms with Crippen LogP contribution in [0.1, 0.15) is 25.1 Å². The Labute approximate surface area is 207 Å². The van der Waals surface area contributed by atoms with Crippen LogP contribution in [0.25, 0.3) is 64.4 Å². The van der Waals surface area contributed by atoms with Crippen LogP contribution in [0.3, 0.4) is 0 Å². The lowest BCUT2D eigenvalue weighted by Crippen LogP contribution is -2.13. The van der Waals surface area contributed by atoms with Crippen molar-refractivity contribution in [3.63, 3.8) is 0 Å². The average Bonchev–Trinajstić information content (AvgIpc) is 3.60. The Morgan fingerprint density at radius 3 is 2.72 bits per heavy atom. The van der Waals surface area contributed by atoms with E-state index in [2.05, 4.69) is 30.1 Å². The molecule has 0 spiro atoms. The Morgan fingerprint density at radius 2 is 1.83 bits per heavy atom. The summed E-state index contributed by atoms with van der Waals surface area (Å²) < 4.78 is 2.74. The van der Waals surface area contributed by atoms with Crippen LogP contribution in [0.15, 0.2) is 55.2 Å². The number of aromatic nitrogens is 8. The minimum Gasteiger partial charge on any atom is -0.335 e. The maximum atomic E-state index is 13.5. The van der Waals surface area contributed by atoms with Crippen LogP contribution in [0.4, 0.5) is 0 Å². The van der Waals surface area contributed by atoms with E-state index in [1.54, 1.807) is 29.4 Å². The second-order valence-corrected chi connectivity index (χ2v) is 10.3. The molecular weight excluding hydrogens is 472 g/mol. The molecule has 0 saturated carbocycles. The molecule has 0 saturated heterocycles. The number of hydrogen-bond acceptors (Lipinski definition) is 7. The fourth-order valence-corrected chi connectivity index (χ4v) is 5.66. The first-order valence-electron chi connectivity index (χ1n) is 11.6. The van der Waals surface area contributed by atoms with Gasteiger partial charge in [-0.15, -0.1) is 11.3 Å². The SMILES string of the molecule is CC(C)CC(=O)n1c2cncc(c2)c2cnc3[nH]nc(c4nc5c(cncc5c5ccc1s5)[nH]4)c3c2. The largest absolute Gasteiger partial charge is 0.335 e. The maximum absolute atomic E-state index is 13.5. The summed E-state index contributed by atoms with van der Waals surface area (Å²) in [5.74, 6) is 0.238. The van der Waals surface area contributed by atoms with Gasteiger partial charge in [0, 0.05) is 45.9 Å². The number of pyridine rings is 3. The Bertz CT molecular complexity index is 2040. The molecule has 2 N–H and O–H groups in total. The maximum Gasteiger partial charge on any atom is 0.232 e. The highest BCUT2D eigenvalue weighted by Crippen LogP contribution is 2.30. The number of nitrogens with one attached hydrogen (secondary N) is 2. The van der Waals surface area contributed by atoms with Crippen molar-refractivity contribution in [2.24, 2.45) is 5.92 Å². The molecule has 0 fully saturated rings. The molecule has 0 atom stereocenters. The monoisotopic (exact) mass is 492 g/mol. The minimum absolute atomic E-state index is 0.0192. The van der Waals surface area contributed by atoms with E-state index in [1.165, 1.54) is 11.3 Å². The summed E-state index contributed by atoms with van der Waals surface area (Å²) in [6.07, 6.45) is 9.30. The zero-order chi connectivity index (χ0) is 24.4. The molecule has 0 unspecified atom stereocenters. The second kappa shape index (κ2) is 7.79. The summed E-state index contributed by atoms with van der Waals surface area (Å²) >= 11 is 1.53. The molecule has 0 amide bonds. The molecule has 0 radical (unpaired) electrons. The van der Waals surface area contributed by atoms with Gasteiger partial charge < -0.3 is 4.98 Å². The van der Waals surface area contributed by atoms with E-state index in [1.807, 2.05) is 44.3 Å². The van der Waals surface area contributed by atoms with Crippen molar-refractivity contribution in [2.45, 2.75) is 20.3 Å². The van der Waals surface area contributed by atoms with Gasteiger partial charge in [-0.05, 0) is 30.2 Å². The first-order chi connectivity index (χ1) is 17.5. The molecule has 10 heteroatoms. The van der Waals surface area contributed by atoms with Gasteiger partial charge in [-0.2, -0.15) is 5.10 Å². The van der Waals surface area contributed by atoms with E-state index >= 15 is 0 Å². The first kappa shape index (κ1) is 20.9. The Kier molecular flexibility index (Phi) is 4.52. The number of aromatic amines is 2. The third-order valence-corrected chi connectivity index (χ3v) is 7.36. The van der Waals surface area contributed by atoms with Crippen molar-refractivity contribution in [1.82, 2.24) is 39.7 Å². The van der Waals surface area contributed by atoms with Crippen molar-refractivity contribution < 1.29 is 4.79 Å². The number of rotatable bonds is 2. The van der Waals surface area contributed by atoms with Crippen molar-refractivity contribution in [3.8, 4) is 0 Å². The van der Waals surface area contributed by atoms with Gasteiger partial charge in [-0.1, -0.05) is 13.8 Å². The number of hydrogen-bond donors (Lipinski definition) is 2. The lowest BCUT2D eigenvalue weighted by atomic mass is 10.1. The van der Waals surface area contributed by atoms with Crippen molar-refractivity contribution in [1.29, 1.82) is 0 Å². The molecule has 7 heterocycles. The van der Waals surface area contributed by atoms with Crippen LogP contribution < -0.4 is 0 Å². The number of fused-ring (bicyclic) bond motifs is 9. The predicted molar refractivity (Wildman–Crippen MR) is 143 cm³/mol. The Hall–Kier alpha value is -4.44. The van der Waals surface area contributed by atoms with E-state index in [-0.39, 0.29) is 11.8 Å². The van der Waals surface area contributed by atoms with Gasteiger partial charge in [0.2, 0.25) is 5.91 Å². The number of nitrogens with zero attached hydrogens (tertiary/aromatic N) is 6. The normalized spacial score (nSPS) is 12.1. The van der Waals surface area contributed by atoms with Crippen LogP contribution in [-0.2, 0) is 0 Å². The number of carbonyl (C=O) groups is 1. The molecule has 176 valence electrons. The van der Waals surface area contributed by atoms with E-state index in [0.29, 0.717) is 28.7 Å². The molecule has 7 aromatic heterocycles. The first-order valence-corrected chi connectivity index (χ1v) is 12.4. The number of H-pyrrole nitrogens is 2. The van der Waals surface area contributed by atoms with E-state index in [4.69, 9.17) is 4.98 Å². The molecule has 7 rings (SSSR count). The summed E-state index contributed by atoms with van der Waals surface area (Å²) in [5.41, 5.74) is 4.31. The smallest absolute Gasteiger partial charge is 0.232 e. The quantitative estimate of drug-likeness (QED) is 0.310. The lowest BCUT2D eigenvalue weighted by molar-refractivity contribution is 0.0897. The lowest BCUT2D eigenvalue weighted by Gasteiger charge is -2.09. The van der Waals surface area contributed by atoms with Crippen LogP contribution >= 0.6 is 11.3 Å². The Morgan fingerprint density at radius 1 is 0.972 bits per heavy atom. The topological polar surface area (TPSA) is 118 Å². The minimum atomic E-state index is 0.0192. The molecule has 8 bridgehead atoms. The average molecular weight is 493 g/mol. The zero-order valence-electron chi connectivity index (χ0n) is 19.5. The van der Waals surface area contributed by atoms with Gasteiger partial charge in [0.15, 0.2) is 11.3 Å². The predicted octanol–water partition coefficient (Wildman–Crippen LogP) is 5.91. The third kappa shape index (κ3) is 3.22. The van der Waals surface area contributed by atoms with Crippen LogP contribution in [0.2, 0.25) is 0 Å². The van der Waals surface area contributed by atoms with Crippen molar-refractivity contribution in [2.75, 3.05) is 0 Å². The molecular formula is C26H20N8OS. The molecule has 7 aromatic rings. The molecule has 9 nitrogen and oxygen atoms in total. The van der Waals surface area contributed by atoms with Crippen molar-refractivity contribution >= 4 is 81.7 Å². The van der Waals surface area contributed by atoms with E-state index in [0.717, 1.165) is 42.1 Å². The number of thiophene rings is 1. The molecule has 36 heavy (non-hydrogen) atoms. The summed E-state index contributed by atoms with van der Waals surface area (Å²) in [4.78, 5) is 36.1. The molecule has 0 aliphatic heterocycles. The number of imidazole rings is 1. The van der Waals surface area contributed by atoms with Gasteiger partial charge in [0.25, 0.3) is 0 Å². The zero-order valence-corrected chi connectivity index (χ0v) is 20.3. The highest BCUT2D eigenvalue weighted by molar-refractivity contribution is 7.24.